The normalized spacial score (nSPS) is 15.1. The maximum absolute atomic E-state index is 12.8. The van der Waals surface area contributed by atoms with Gasteiger partial charge in [0.05, 0.1) is 23.1 Å². The van der Waals surface area contributed by atoms with Gasteiger partial charge in [-0.3, -0.25) is 14.6 Å². The Bertz CT molecular complexity index is 1440. The molecule has 11 heteroatoms. The van der Waals surface area contributed by atoms with E-state index in [2.05, 4.69) is 20.4 Å². The van der Waals surface area contributed by atoms with Crippen LogP contribution in [0.25, 0.3) is 22.3 Å². The molecule has 0 spiro atoms. The molecule has 5 rings (SSSR count). The quantitative estimate of drug-likeness (QED) is 0.301. The van der Waals surface area contributed by atoms with Crippen molar-refractivity contribution in [2.45, 2.75) is 70.1 Å². The third-order valence-electron chi connectivity index (χ3n) is 6.53. The fourth-order valence-corrected chi connectivity index (χ4v) is 4.56. The van der Waals surface area contributed by atoms with Gasteiger partial charge in [0, 0.05) is 47.5 Å². The minimum atomic E-state index is -4.34. The number of fused-ring (bicyclic) bond motifs is 1. The molecule has 0 aromatic carbocycles. The maximum atomic E-state index is 12.8. The van der Waals surface area contributed by atoms with E-state index in [-0.39, 0.29) is 5.92 Å². The first kappa shape index (κ1) is 26.0. The van der Waals surface area contributed by atoms with Gasteiger partial charge in [-0.25, -0.2) is 9.97 Å². The first-order valence-electron chi connectivity index (χ1n) is 12.8. The van der Waals surface area contributed by atoms with Crippen LogP contribution < -0.4 is 11.1 Å². The number of hydrogen-bond donors (Lipinski definition) is 2. The van der Waals surface area contributed by atoms with Crippen molar-refractivity contribution in [3.05, 3.63) is 59.9 Å². The standard InChI is InChI=1S/C27H31F3N8/c1-4-18(20-8-10-38(37-20)15-27(28,29)30)21-11-17(7-9-33-21)24-35-22-13-32-12-19(16-5-6-16)23(22)25(36-24)34-14-26(2,3)31/h7-13,16,18H,4-6,14-15,31H2,1-3H3,(H,34,35,36). The molecule has 0 amide bonds. The zero-order valence-corrected chi connectivity index (χ0v) is 21.6. The second-order valence-corrected chi connectivity index (χ2v) is 10.6. The van der Waals surface area contributed by atoms with E-state index in [1.165, 1.54) is 6.20 Å². The molecule has 4 aromatic rings. The van der Waals surface area contributed by atoms with Gasteiger partial charge in [0.2, 0.25) is 0 Å². The molecule has 1 saturated carbocycles. The molecule has 200 valence electrons. The third-order valence-corrected chi connectivity index (χ3v) is 6.53. The summed E-state index contributed by atoms with van der Waals surface area (Å²) in [5, 5.41) is 8.57. The number of nitrogens with two attached hydrogens (primary N) is 1. The molecular weight excluding hydrogens is 493 g/mol. The minimum Gasteiger partial charge on any atom is -0.368 e. The molecule has 1 unspecified atom stereocenters. The first-order valence-corrected chi connectivity index (χ1v) is 12.8. The van der Waals surface area contributed by atoms with Crippen molar-refractivity contribution in [1.82, 2.24) is 29.7 Å². The average Bonchev–Trinajstić information content (AvgIpc) is 3.61. The molecule has 38 heavy (non-hydrogen) atoms. The Labute approximate surface area is 218 Å². The summed E-state index contributed by atoms with van der Waals surface area (Å²) in [4.78, 5) is 18.7. The van der Waals surface area contributed by atoms with E-state index in [1.807, 2.05) is 39.1 Å². The molecule has 1 aliphatic rings. The zero-order valence-electron chi connectivity index (χ0n) is 21.6. The number of halogens is 3. The molecule has 1 atom stereocenters. The molecule has 0 bridgehead atoms. The number of pyridine rings is 2. The van der Waals surface area contributed by atoms with Crippen molar-refractivity contribution in [2.24, 2.45) is 5.73 Å². The molecule has 8 nitrogen and oxygen atoms in total. The number of anilines is 1. The lowest BCUT2D eigenvalue weighted by Gasteiger charge is -2.21. The Hall–Kier alpha value is -3.60. The van der Waals surface area contributed by atoms with Crippen LogP contribution in [0.2, 0.25) is 0 Å². The highest BCUT2D eigenvalue weighted by Crippen LogP contribution is 2.44. The van der Waals surface area contributed by atoms with Crippen molar-refractivity contribution < 1.29 is 13.2 Å². The average molecular weight is 525 g/mol. The molecule has 3 N–H and O–H groups in total. The predicted octanol–water partition coefficient (Wildman–Crippen LogP) is 5.41. The molecule has 0 saturated heterocycles. The van der Waals surface area contributed by atoms with E-state index in [9.17, 15) is 13.2 Å². The van der Waals surface area contributed by atoms with Crippen LogP contribution in [-0.4, -0.2) is 48.0 Å². The van der Waals surface area contributed by atoms with Crippen LogP contribution in [0.15, 0.2) is 43.0 Å². The summed E-state index contributed by atoms with van der Waals surface area (Å²) in [5.41, 5.74) is 9.66. The number of nitrogens with zero attached hydrogens (tertiary/aromatic N) is 6. The third kappa shape index (κ3) is 5.93. The number of nitrogens with one attached hydrogen (secondary N) is 1. The molecule has 0 aliphatic heterocycles. The summed E-state index contributed by atoms with van der Waals surface area (Å²) in [6, 6.07) is 5.32. The van der Waals surface area contributed by atoms with Gasteiger partial charge in [-0.2, -0.15) is 18.3 Å². The lowest BCUT2D eigenvalue weighted by Crippen LogP contribution is -2.39. The van der Waals surface area contributed by atoms with Crippen LogP contribution in [0.3, 0.4) is 0 Å². The van der Waals surface area contributed by atoms with E-state index < -0.39 is 18.3 Å². The number of alkyl halides is 3. The molecule has 1 fully saturated rings. The smallest absolute Gasteiger partial charge is 0.368 e. The Morgan fingerprint density at radius 3 is 2.61 bits per heavy atom. The van der Waals surface area contributed by atoms with Gasteiger partial charge >= 0.3 is 6.18 Å². The second kappa shape index (κ2) is 9.94. The Morgan fingerprint density at radius 2 is 1.92 bits per heavy atom. The summed E-state index contributed by atoms with van der Waals surface area (Å²) in [5.74, 6) is 1.40. The van der Waals surface area contributed by atoms with Crippen molar-refractivity contribution in [1.29, 1.82) is 0 Å². The molecule has 4 aromatic heterocycles. The summed E-state index contributed by atoms with van der Waals surface area (Å²) in [6.45, 7) is 5.24. The second-order valence-electron chi connectivity index (χ2n) is 10.6. The van der Waals surface area contributed by atoms with Gasteiger partial charge in [-0.15, -0.1) is 0 Å². The van der Waals surface area contributed by atoms with Crippen LogP contribution in [0, 0.1) is 0 Å². The molecule has 0 radical (unpaired) electrons. The summed E-state index contributed by atoms with van der Waals surface area (Å²) in [6.07, 6.45) is 5.18. The van der Waals surface area contributed by atoms with Crippen LogP contribution in [0.5, 0.6) is 0 Å². The maximum Gasteiger partial charge on any atom is 0.408 e. The zero-order chi connectivity index (χ0) is 27.1. The highest BCUT2D eigenvalue weighted by molar-refractivity contribution is 5.93. The van der Waals surface area contributed by atoms with Gasteiger partial charge in [0.15, 0.2) is 5.82 Å². The van der Waals surface area contributed by atoms with Gasteiger partial charge in [0.1, 0.15) is 12.4 Å². The number of rotatable bonds is 9. The van der Waals surface area contributed by atoms with Crippen LogP contribution in [0.4, 0.5) is 19.0 Å². The highest BCUT2D eigenvalue weighted by Gasteiger charge is 2.30. The Kier molecular flexibility index (Phi) is 6.81. The Balaban J connectivity index is 1.53. The summed E-state index contributed by atoms with van der Waals surface area (Å²) >= 11 is 0. The largest absolute Gasteiger partial charge is 0.408 e. The minimum absolute atomic E-state index is 0.274. The fraction of sp³-hybridized carbons (Fsp3) is 0.444. The number of hydrogen-bond acceptors (Lipinski definition) is 7. The van der Waals surface area contributed by atoms with E-state index in [0.717, 1.165) is 39.6 Å². The van der Waals surface area contributed by atoms with Gasteiger partial charge in [-0.1, -0.05) is 6.92 Å². The van der Waals surface area contributed by atoms with E-state index >= 15 is 0 Å². The van der Waals surface area contributed by atoms with Gasteiger partial charge < -0.3 is 11.1 Å². The fourth-order valence-electron chi connectivity index (χ4n) is 4.56. The van der Waals surface area contributed by atoms with Crippen molar-refractivity contribution in [2.75, 3.05) is 11.9 Å². The van der Waals surface area contributed by atoms with Gasteiger partial charge in [0.25, 0.3) is 0 Å². The van der Waals surface area contributed by atoms with Crippen LogP contribution in [0.1, 0.15) is 68.8 Å². The highest BCUT2D eigenvalue weighted by atomic mass is 19.4. The summed E-state index contributed by atoms with van der Waals surface area (Å²) in [7, 11) is 0. The monoisotopic (exact) mass is 524 g/mol. The van der Waals surface area contributed by atoms with E-state index in [4.69, 9.17) is 15.7 Å². The van der Waals surface area contributed by atoms with Crippen molar-refractivity contribution in [3.8, 4) is 11.4 Å². The van der Waals surface area contributed by atoms with Crippen molar-refractivity contribution >= 4 is 16.7 Å². The topological polar surface area (TPSA) is 107 Å². The molecular formula is C27H31F3N8. The lowest BCUT2D eigenvalue weighted by molar-refractivity contribution is -0.142. The summed E-state index contributed by atoms with van der Waals surface area (Å²) < 4.78 is 39.4. The number of aromatic nitrogens is 6. The Morgan fingerprint density at radius 1 is 1.13 bits per heavy atom. The molecule has 4 heterocycles. The van der Waals surface area contributed by atoms with Crippen LogP contribution in [-0.2, 0) is 6.54 Å². The molecule has 1 aliphatic carbocycles. The van der Waals surface area contributed by atoms with Gasteiger partial charge in [-0.05, 0) is 62.8 Å². The van der Waals surface area contributed by atoms with Crippen molar-refractivity contribution in [3.63, 3.8) is 0 Å². The predicted molar refractivity (Wildman–Crippen MR) is 140 cm³/mol. The van der Waals surface area contributed by atoms with E-state index in [0.29, 0.717) is 41.9 Å². The first-order chi connectivity index (χ1) is 18.0. The van der Waals surface area contributed by atoms with E-state index in [1.54, 1.807) is 18.5 Å². The van der Waals surface area contributed by atoms with Crippen LogP contribution >= 0.6 is 0 Å². The SMILES string of the molecule is CCC(c1cc(-c2nc(NCC(C)(C)N)c3c(C4CC4)cncc3n2)ccn1)c1ccn(CC(F)(F)F)n1. The lowest BCUT2D eigenvalue weighted by atomic mass is 9.96.